The molecule has 186 valence electrons. The Bertz CT molecular complexity index is 1560. The Morgan fingerprint density at radius 2 is 2.14 bits per heavy atom. The molecule has 7 nitrogen and oxygen atoms in total. The van der Waals surface area contributed by atoms with Gasteiger partial charge in [0.15, 0.2) is 5.60 Å². The van der Waals surface area contributed by atoms with Crippen molar-refractivity contribution in [2.45, 2.75) is 70.9 Å². The minimum Gasteiger partial charge on any atom is -0.458 e. The van der Waals surface area contributed by atoms with Crippen LogP contribution >= 0.6 is 0 Å². The van der Waals surface area contributed by atoms with Crippen molar-refractivity contribution in [3.8, 4) is 11.4 Å². The quantitative estimate of drug-likeness (QED) is 0.336. The van der Waals surface area contributed by atoms with E-state index in [4.69, 9.17) is 9.72 Å². The Balaban J connectivity index is 1.66. The second-order valence-electron chi connectivity index (χ2n) is 10.1. The molecular formula is C28H28FN3O4. The summed E-state index contributed by atoms with van der Waals surface area (Å²) in [5.41, 5.74) is 3.55. The summed E-state index contributed by atoms with van der Waals surface area (Å²) in [7, 11) is 0. The molecule has 0 radical (unpaired) electrons. The van der Waals surface area contributed by atoms with Crippen LogP contribution in [0.15, 0.2) is 29.6 Å². The molecule has 1 aromatic carbocycles. The van der Waals surface area contributed by atoms with E-state index in [0.29, 0.717) is 29.0 Å². The fourth-order valence-electron chi connectivity index (χ4n) is 6.11. The molecule has 3 aromatic rings. The molecule has 0 saturated carbocycles. The molecule has 3 aliphatic rings. The van der Waals surface area contributed by atoms with Gasteiger partial charge in [0.05, 0.1) is 29.0 Å². The largest absolute Gasteiger partial charge is 0.458 e. The monoisotopic (exact) mass is 489 g/mol. The topological polar surface area (TPSA) is 93.5 Å². The summed E-state index contributed by atoms with van der Waals surface area (Å²) in [5.74, 6) is -1.06. The highest BCUT2D eigenvalue weighted by Crippen LogP contribution is 2.46. The van der Waals surface area contributed by atoms with Crippen molar-refractivity contribution in [3.63, 3.8) is 0 Å². The van der Waals surface area contributed by atoms with Crippen molar-refractivity contribution in [2.75, 3.05) is 0 Å². The lowest BCUT2D eigenvalue weighted by atomic mass is 9.81. The first-order valence-corrected chi connectivity index (χ1v) is 12.4. The highest BCUT2D eigenvalue weighted by atomic mass is 19.1. The fraction of sp³-hybridized carbons (Fsp3) is 0.393. The van der Waals surface area contributed by atoms with Crippen LogP contribution in [0.5, 0.6) is 0 Å². The summed E-state index contributed by atoms with van der Waals surface area (Å²) in [4.78, 5) is 31.0. The van der Waals surface area contributed by atoms with Gasteiger partial charge in [0, 0.05) is 34.7 Å². The summed E-state index contributed by atoms with van der Waals surface area (Å²) in [6, 6.07) is 3.20. The molecule has 0 fully saturated rings. The van der Waals surface area contributed by atoms with Gasteiger partial charge in [-0.15, -0.1) is 6.58 Å². The summed E-state index contributed by atoms with van der Waals surface area (Å²) in [6.45, 7) is 9.55. The van der Waals surface area contributed by atoms with Crippen LogP contribution in [-0.2, 0) is 34.7 Å². The zero-order valence-electron chi connectivity index (χ0n) is 20.6. The average Bonchev–Trinajstić information content (AvgIpc) is 3.24. The third kappa shape index (κ3) is 2.94. The Morgan fingerprint density at radius 3 is 2.86 bits per heavy atom. The van der Waals surface area contributed by atoms with Crippen LogP contribution < -0.4 is 10.9 Å². The Hall–Kier alpha value is -3.36. The molecule has 0 saturated heterocycles. The third-order valence-electron chi connectivity index (χ3n) is 8.20. The normalized spacial score (nSPS) is 22.6. The number of cyclic esters (lactones) is 1. The van der Waals surface area contributed by atoms with Crippen LogP contribution in [0.3, 0.4) is 0 Å². The lowest BCUT2D eigenvalue weighted by Gasteiger charge is -2.31. The predicted molar refractivity (Wildman–Crippen MR) is 133 cm³/mol. The minimum atomic E-state index is -1.89. The molecule has 0 amide bonds. The molecule has 1 unspecified atom stereocenters. The van der Waals surface area contributed by atoms with Gasteiger partial charge in [-0.05, 0) is 55.9 Å². The van der Waals surface area contributed by atoms with Crippen molar-refractivity contribution in [3.05, 3.63) is 74.3 Å². The van der Waals surface area contributed by atoms with Gasteiger partial charge in [0.1, 0.15) is 12.4 Å². The number of aromatic nitrogens is 2. The number of hydrogen-bond donors (Lipinski definition) is 2. The lowest BCUT2D eigenvalue weighted by Crippen LogP contribution is -2.44. The molecule has 6 rings (SSSR count). The average molecular weight is 490 g/mol. The maximum absolute atomic E-state index is 14.9. The minimum absolute atomic E-state index is 0.0215. The van der Waals surface area contributed by atoms with E-state index in [1.807, 2.05) is 13.0 Å². The number of benzene rings is 1. The number of esters is 1. The number of ether oxygens (including phenoxy) is 1. The number of carbonyl (C=O) groups excluding carboxylic acids is 1. The van der Waals surface area contributed by atoms with E-state index in [1.165, 1.54) is 6.07 Å². The molecule has 8 heteroatoms. The van der Waals surface area contributed by atoms with E-state index < -0.39 is 11.6 Å². The molecule has 4 heterocycles. The number of halogens is 1. The van der Waals surface area contributed by atoms with Gasteiger partial charge in [-0.2, -0.15) is 0 Å². The van der Waals surface area contributed by atoms with Gasteiger partial charge >= 0.3 is 5.97 Å². The second kappa shape index (κ2) is 7.82. The van der Waals surface area contributed by atoms with E-state index in [9.17, 15) is 19.1 Å². The highest BCUT2D eigenvalue weighted by Gasteiger charge is 2.46. The van der Waals surface area contributed by atoms with Gasteiger partial charge in [-0.3, -0.25) is 4.79 Å². The fourth-order valence-corrected chi connectivity index (χ4v) is 6.11. The first-order valence-electron chi connectivity index (χ1n) is 12.4. The van der Waals surface area contributed by atoms with Crippen LogP contribution in [-0.4, -0.2) is 26.7 Å². The standard InChI is InChI=1S/C28H28FN3O4/c1-5-13(3)30-20-8-7-15-14(4)19(29)10-21-23(15)24(20)16-11-32-22(25(16)31-21)9-18-17(26(32)33)12-36-27(34)28(18,35)6-2/h5,9-10,13,20,30,35H,1,6-8,11-12H2,2-4H3/t13?,20-,28-/m0/s1. The van der Waals surface area contributed by atoms with E-state index >= 15 is 0 Å². The van der Waals surface area contributed by atoms with Gasteiger partial charge in [0.2, 0.25) is 0 Å². The van der Waals surface area contributed by atoms with E-state index in [0.717, 1.165) is 34.9 Å². The number of rotatable bonds is 4. The Morgan fingerprint density at radius 1 is 1.36 bits per heavy atom. The molecule has 36 heavy (non-hydrogen) atoms. The first-order chi connectivity index (χ1) is 17.2. The highest BCUT2D eigenvalue weighted by molar-refractivity contribution is 5.93. The molecule has 2 aromatic heterocycles. The van der Waals surface area contributed by atoms with Gasteiger partial charge in [-0.1, -0.05) is 13.0 Å². The molecular weight excluding hydrogens is 461 g/mol. The number of pyridine rings is 2. The van der Waals surface area contributed by atoms with Gasteiger partial charge in [0.25, 0.3) is 5.56 Å². The van der Waals surface area contributed by atoms with Crippen molar-refractivity contribution in [2.24, 2.45) is 0 Å². The summed E-state index contributed by atoms with van der Waals surface area (Å²) in [6.07, 6.45) is 3.42. The van der Waals surface area contributed by atoms with Crippen molar-refractivity contribution in [1.82, 2.24) is 14.9 Å². The summed E-state index contributed by atoms with van der Waals surface area (Å²) >= 11 is 0. The molecule has 3 atom stereocenters. The number of nitrogens with zero attached hydrogens (tertiary/aromatic N) is 2. The van der Waals surface area contributed by atoms with Crippen molar-refractivity contribution in [1.29, 1.82) is 0 Å². The number of carbonyl (C=O) groups is 1. The number of hydrogen-bond acceptors (Lipinski definition) is 6. The molecule has 0 bridgehead atoms. The van der Waals surface area contributed by atoms with Gasteiger partial charge < -0.3 is 19.7 Å². The zero-order valence-corrected chi connectivity index (χ0v) is 20.6. The Labute approximate surface area is 207 Å². The molecule has 2 N–H and O–H groups in total. The summed E-state index contributed by atoms with van der Waals surface area (Å²) < 4.78 is 21.7. The second-order valence-corrected chi connectivity index (χ2v) is 10.1. The summed E-state index contributed by atoms with van der Waals surface area (Å²) in [5, 5.41) is 15.7. The molecule has 0 spiro atoms. The van der Waals surface area contributed by atoms with Crippen LogP contribution in [0.2, 0.25) is 0 Å². The van der Waals surface area contributed by atoms with E-state index in [2.05, 4.69) is 11.9 Å². The number of aryl methyl sites for hydroxylation is 1. The van der Waals surface area contributed by atoms with Crippen LogP contribution in [0.25, 0.3) is 22.3 Å². The van der Waals surface area contributed by atoms with Gasteiger partial charge in [-0.25, -0.2) is 14.2 Å². The molecule has 2 aliphatic heterocycles. The third-order valence-corrected chi connectivity index (χ3v) is 8.20. The maximum atomic E-state index is 14.9. The van der Waals surface area contributed by atoms with Crippen LogP contribution in [0.4, 0.5) is 4.39 Å². The first kappa shape index (κ1) is 23.1. The molecule has 1 aliphatic carbocycles. The van der Waals surface area contributed by atoms with Crippen LogP contribution in [0, 0.1) is 12.7 Å². The van der Waals surface area contributed by atoms with Crippen LogP contribution in [0.1, 0.15) is 66.1 Å². The SMILES string of the molecule is C=CC(C)N[C@H]1CCc2c(C)c(F)cc3nc4c(c1c23)Cn1c-4cc2c(c1=O)COC(=O)[C@]2(O)CC. The van der Waals surface area contributed by atoms with E-state index in [-0.39, 0.29) is 47.6 Å². The van der Waals surface area contributed by atoms with Crippen molar-refractivity contribution >= 4 is 16.9 Å². The lowest BCUT2D eigenvalue weighted by molar-refractivity contribution is -0.172. The Kier molecular flexibility index (Phi) is 5.01. The smallest absolute Gasteiger partial charge is 0.343 e. The predicted octanol–water partition coefficient (Wildman–Crippen LogP) is 3.68. The van der Waals surface area contributed by atoms with Crippen molar-refractivity contribution < 1.29 is 19.0 Å². The number of aliphatic hydroxyl groups is 1. The zero-order chi connectivity index (χ0) is 25.5. The van der Waals surface area contributed by atoms with E-state index in [1.54, 1.807) is 24.5 Å². The maximum Gasteiger partial charge on any atom is 0.343 e. The number of nitrogens with one attached hydrogen (secondary N) is 1. The number of fused-ring (bicyclic) bond motifs is 5.